The number of aliphatic hydroxyl groups is 1. The molecule has 3 amide bonds. The van der Waals surface area contributed by atoms with Crippen LogP contribution in [-0.2, 0) is 14.4 Å². The Morgan fingerprint density at radius 3 is 2.32 bits per heavy atom. The number of nitrogens with zero attached hydrogens (tertiary/aromatic N) is 3. The highest BCUT2D eigenvalue weighted by atomic mass is 35.5. The van der Waals surface area contributed by atoms with E-state index in [1.54, 1.807) is 44.7 Å². The molecule has 234 valence electrons. The molecule has 1 spiro atoms. The van der Waals surface area contributed by atoms with Gasteiger partial charge in [-0.15, -0.1) is 24.9 Å². The Labute approximate surface area is 269 Å². The van der Waals surface area contributed by atoms with Gasteiger partial charge >= 0.3 is 0 Å². The molecule has 3 heterocycles. The number of unbranched alkanes of at least 4 members (excludes halogenated alkanes) is 3. The molecule has 3 fully saturated rings. The van der Waals surface area contributed by atoms with Crippen molar-refractivity contribution in [2.45, 2.75) is 61.0 Å². The van der Waals surface area contributed by atoms with Crippen molar-refractivity contribution in [1.82, 2.24) is 4.90 Å². The predicted molar refractivity (Wildman–Crippen MR) is 179 cm³/mol. The molecule has 5 rings (SSSR count). The van der Waals surface area contributed by atoms with Gasteiger partial charge in [-0.1, -0.05) is 66.9 Å². The number of thioether (sulfide) groups is 1. The molecule has 2 aromatic carbocycles. The minimum absolute atomic E-state index is 0.101. The van der Waals surface area contributed by atoms with Gasteiger partial charge in [-0.3, -0.25) is 14.4 Å². The van der Waals surface area contributed by atoms with E-state index in [0.717, 1.165) is 24.9 Å². The summed E-state index contributed by atoms with van der Waals surface area (Å²) in [5, 5.41) is 9.70. The fraction of sp³-hybridized carbons (Fsp3) is 0.457. The van der Waals surface area contributed by atoms with Crippen LogP contribution in [-0.4, -0.2) is 69.5 Å². The molecular weight excluding hydrogens is 594 g/mol. The number of rotatable bonds is 14. The van der Waals surface area contributed by atoms with Crippen molar-refractivity contribution in [2.24, 2.45) is 11.8 Å². The molecule has 2 unspecified atom stereocenters. The van der Waals surface area contributed by atoms with E-state index in [0.29, 0.717) is 43.1 Å². The van der Waals surface area contributed by atoms with Crippen molar-refractivity contribution in [2.75, 3.05) is 36.0 Å². The minimum atomic E-state index is -0.747. The molecule has 3 aliphatic rings. The molecule has 0 aromatic heterocycles. The Balaban J connectivity index is 1.56. The van der Waals surface area contributed by atoms with E-state index in [1.807, 2.05) is 48.5 Å². The first-order valence-corrected chi connectivity index (χ1v) is 16.7. The van der Waals surface area contributed by atoms with Gasteiger partial charge in [0.2, 0.25) is 11.8 Å². The smallest absolute Gasteiger partial charge is 0.251 e. The molecule has 3 aliphatic heterocycles. The van der Waals surface area contributed by atoms with Crippen LogP contribution in [0.4, 0.5) is 11.4 Å². The lowest BCUT2D eigenvalue weighted by atomic mass is 9.66. The van der Waals surface area contributed by atoms with Gasteiger partial charge in [-0.05, 0) is 56.9 Å². The number of hydrogen-bond acceptors (Lipinski definition) is 5. The third-order valence-corrected chi connectivity index (χ3v) is 11.8. The summed E-state index contributed by atoms with van der Waals surface area (Å²) in [6.45, 7) is 11.0. The number of aliphatic hydroxyl groups excluding tert-OH is 1. The van der Waals surface area contributed by atoms with Crippen molar-refractivity contribution in [3.8, 4) is 0 Å². The number of carbonyl (C=O) groups excluding carboxylic acids is 3. The molecule has 0 saturated carbocycles. The van der Waals surface area contributed by atoms with Gasteiger partial charge in [-0.2, -0.15) is 0 Å². The maximum absolute atomic E-state index is 14.8. The summed E-state index contributed by atoms with van der Waals surface area (Å²) < 4.78 is -1.24. The topological polar surface area (TPSA) is 81.2 Å². The third kappa shape index (κ3) is 5.61. The van der Waals surface area contributed by atoms with Crippen LogP contribution >= 0.6 is 23.4 Å². The maximum Gasteiger partial charge on any atom is 0.251 e. The average Bonchev–Trinajstić information content (AvgIpc) is 3.59. The zero-order valence-corrected chi connectivity index (χ0v) is 26.9. The fourth-order valence-corrected chi connectivity index (χ4v) is 10.1. The Morgan fingerprint density at radius 1 is 0.977 bits per heavy atom. The Kier molecular flexibility index (Phi) is 9.93. The van der Waals surface area contributed by atoms with Gasteiger partial charge in [0.05, 0.1) is 27.3 Å². The molecule has 2 aromatic rings. The van der Waals surface area contributed by atoms with Gasteiger partial charge in [0.1, 0.15) is 6.04 Å². The quantitative estimate of drug-likeness (QED) is 0.200. The number of carbonyl (C=O) groups is 3. The summed E-state index contributed by atoms with van der Waals surface area (Å²) in [5.74, 6) is -1.63. The van der Waals surface area contributed by atoms with Crippen LogP contribution < -0.4 is 9.80 Å². The van der Waals surface area contributed by atoms with Crippen LogP contribution in [0.15, 0.2) is 79.9 Å². The zero-order chi connectivity index (χ0) is 31.5. The first-order valence-electron chi connectivity index (χ1n) is 15.5. The molecule has 0 radical (unpaired) electrons. The molecule has 2 bridgehead atoms. The first-order chi connectivity index (χ1) is 21.2. The lowest BCUT2D eigenvalue weighted by molar-refractivity contribution is -0.139. The summed E-state index contributed by atoms with van der Waals surface area (Å²) in [6.07, 6.45) is 7.87. The SMILES string of the molecule is C=CCN(C(=O)[C@@H]1[C@H]2C(=O)N(CCCCCCO)C(C(=O)N(CC=C)c3ccccc3Cl)C23CC[C@@]1(C)S3)c1ccccc1. The van der Waals surface area contributed by atoms with E-state index in [9.17, 15) is 19.5 Å². The largest absolute Gasteiger partial charge is 0.396 e. The van der Waals surface area contributed by atoms with Crippen LogP contribution in [0.25, 0.3) is 0 Å². The van der Waals surface area contributed by atoms with Crippen LogP contribution in [0.2, 0.25) is 5.02 Å². The summed E-state index contributed by atoms with van der Waals surface area (Å²) in [6, 6.07) is 16.0. The lowest BCUT2D eigenvalue weighted by Crippen LogP contribution is -2.55. The van der Waals surface area contributed by atoms with Crippen molar-refractivity contribution < 1.29 is 19.5 Å². The Morgan fingerprint density at radius 2 is 1.64 bits per heavy atom. The van der Waals surface area contributed by atoms with Crippen molar-refractivity contribution in [3.63, 3.8) is 0 Å². The highest BCUT2D eigenvalue weighted by Gasteiger charge is 2.77. The van der Waals surface area contributed by atoms with Gasteiger partial charge in [0.15, 0.2) is 0 Å². The van der Waals surface area contributed by atoms with Gasteiger partial charge in [-0.25, -0.2) is 0 Å². The fourth-order valence-electron chi connectivity index (χ4n) is 7.55. The van der Waals surface area contributed by atoms with Gasteiger partial charge in [0, 0.05) is 36.7 Å². The van der Waals surface area contributed by atoms with Gasteiger partial charge < -0.3 is 19.8 Å². The van der Waals surface area contributed by atoms with Crippen LogP contribution in [0.1, 0.15) is 45.4 Å². The van der Waals surface area contributed by atoms with E-state index in [2.05, 4.69) is 20.1 Å². The second kappa shape index (κ2) is 13.5. The Bertz CT molecular complexity index is 1410. The molecule has 44 heavy (non-hydrogen) atoms. The van der Waals surface area contributed by atoms with E-state index >= 15 is 0 Å². The maximum atomic E-state index is 14.8. The lowest BCUT2D eigenvalue weighted by Gasteiger charge is -2.38. The molecule has 1 N–H and O–H groups in total. The van der Waals surface area contributed by atoms with E-state index in [-0.39, 0.29) is 30.9 Å². The number of fused-ring (bicyclic) bond motifs is 1. The number of amides is 3. The van der Waals surface area contributed by atoms with Crippen molar-refractivity contribution >= 4 is 52.5 Å². The van der Waals surface area contributed by atoms with Crippen LogP contribution in [0, 0.1) is 11.8 Å². The predicted octanol–water partition coefficient (Wildman–Crippen LogP) is 6.11. The summed E-state index contributed by atoms with van der Waals surface area (Å²) in [4.78, 5) is 49.2. The number of benzene rings is 2. The number of halogens is 1. The average molecular weight is 636 g/mol. The Hall–Kier alpha value is -3.07. The third-order valence-electron chi connectivity index (χ3n) is 9.45. The van der Waals surface area contributed by atoms with Crippen molar-refractivity contribution in [1.29, 1.82) is 0 Å². The number of para-hydroxylation sites is 2. The molecule has 9 heteroatoms. The highest BCUT2D eigenvalue weighted by Crippen LogP contribution is 2.71. The molecular formula is C35H42ClN3O4S. The van der Waals surface area contributed by atoms with Crippen LogP contribution in [0.5, 0.6) is 0 Å². The first kappa shape index (κ1) is 32.3. The number of anilines is 2. The monoisotopic (exact) mass is 635 g/mol. The second-order valence-corrected chi connectivity index (χ2v) is 14.5. The normalized spacial score (nSPS) is 26.8. The molecule has 5 atom stereocenters. The molecule has 0 aliphatic carbocycles. The molecule has 3 saturated heterocycles. The zero-order valence-electron chi connectivity index (χ0n) is 25.4. The highest BCUT2D eigenvalue weighted by molar-refractivity contribution is 8.02. The van der Waals surface area contributed by atoms with E-state index in [1.165, 1.54) is 0 Å². The minimum Gasteiger partial charge on any atom is -0.396 e. The van der Waals surface area contributed by atoms with E-state index in [4.69, 9.17) is 11.6 Å². The standard InChI is InChI=1S/C35H42ClN3O4S/c1-4-21-37(25-15-9-8-10-16-25)31(41)28-29-32(42)39(23-13-6-7-14-24-40)30(35(29)20-19-34(28,3)44-35)33(43)38(22-5-2)27-18-12-11-17-26(27)36/h4-5,8-12,15-18,28-30,40H,1-2,6-7,13-14,19-24H2,3H3/t28-,29-,30?,34+,35?/m0/s1. The molecule has 7 nitrogen and oxygen atoms in total. The second-order valence-electron chi connectivity index (χ2n) is 12.2. The van der Waals surface area contributed by atoms with Crippen LogP contribution in [0.3, 0.4) is 0 Å². The summed E-state index contributed by atoms with van der Waals surface area (Å²) in [5.41, 5.74) is 1.34. The summed E-state index contributed by atoms with van der Waals surface area (Å²) >= 11 is 8.28. The number of hydrogen-bond donors (Lipinski definition) is 1. The summed E-state index contributed by atoms with van der Waals surface area (Å²) in [7, 11) is 0. The van der Waals surface area contributed by atoms with Gasteiger partial charge in [0.25, 0.3) is 5.91 Å². The van der Waals surface area contributed by atoms with Crippen molar-refractivity contribution in [3.05, 3.63) is 84.9 Å². The number of likely N-dealkylation sites (tertiary alicyclic amines) is 1. The van der Waals surface area contributed by atoms with E-state index < -0.39 is 27.4 Å².